The molecule has 29 heavy (non-hydrogen) atoms. The van der Waals surface area contributed by atoms with Gasteiger partial charge in [-0.2, -0.15) is 5.10 Å². The highest BCUT2D eigenvalue weighted by Gasteiger charge is 2.10. The van der Waals surface area contributed by atoms with E-state index in [9.17, 15) is 0 Å². The van der Waals surface area contributed by atoms with Crippen LogP contribution in [0.2, 0.25) is 10.0 Å². The molecule has 1 N–H and O–H groups in total. The highest BCUT2D eigenvalue weighted by molar-refractivity contribution is 6.42. The Kier molecular flexibility index (Phi) is 5.60. The second-order valence-electron chi connectivity index (χ2n) is 6.19. The Labute approximate surface area is 178 Å². The molecule has 0 atom stereocenters. The standard InChI is InChI=1S/C22H16Cl2N4O/c1-29-16-6-4-5-14(11-16)13-25-28-22-17-7-2-3-8-20(17)26-21(27-22)15-9-10-18(23)19(24)12-15/h2-13H,1H3,(H,26,27,28)/b25-13+. The summed E-state index contributed by atoms with van der Waals surface area (Å²) in [4.78, 5) is 9.29. The molecule has 0 amide bonds. The number of methoxy groups -OCH3 is 1. The summed E-state index contributed by atoms with van der Waals surface area (Å²) in [6.45, 7) is 0. The molecule has 1 heterocycles. The zero-order valence-corrected chi connectivity index (χ0v) is 16.9. The molecule has 4 rings (SSSR count). The molecule has 3 aromatic carbocycles. The van der Waals surface area contributed by atoms with Crippen LogP contribution in [0.1, 0.15) is 5.56 Å². The van der Waals surface area contributed by atoms with E-state index in [4.69, 9.17) is 27.9 Å². The lowest BCUT2D eigenvalue weighted by atomic mass is 10.2. The second kappa shape index (κ2) is 8.47. The van der Waals surface area contributed by atoms with E-state index in [2.05, 4.69) is 20.5 Å². The molecule has 0 aliphatic heterocycles. The van der Waals surface area contributed by atoms with Gasteiger partial charge in [0.25, 0.3) is 0 Å². The minimum absolute atomic E-state index is 0.450. The third-order valence-electron chi connectivity index (χ3n) is 4.26. The van der Waals surface area contributed by atoms with Gasteiger partial charge in [0.2, 0.25) is 0 Å². The van der Waals surface area contributed by atoms with Gasteiger partial charge in [0.15, 0.2) is 11.6 Å². The van der Waals surface area contributed by atoms with E-state index in [1.807, 2.05) is 54.6 Å². The van der Waals surface area contributed by atoms with Crippen molar-refractivity contribution in [2.45, 2.75) is 0 Å². The van der Waals surface area contributed by atoms with Gasteiger partial charge in [-0.05, 0) is 48.0 Å². The second-order valence-corrected chi connectivity index (χ2v) is 7.00. The molecule has 0 aliphatic rings. The number of rotatable bonds is 5. The number of nitrogens with zero attached hydrogens (tertiary/aromatic N) is 3. The van der Waals surface area contributed by atoms with Crippen LogP contribution in [0, 0.1) is 0 Å². The number of fused-ring (bicyclic) bond motifs is 1. The molecular formula is C22H16Cl2N4O. The van der Waals surface area contributed by atoms with Crippen molar-refractivity contribution < 1.29 is 4.74 Å². The van der Waals surface area contributed by atoms with Crippen LogP contribution in [0.25, 0.3) is 22.3 Å². The van der Waals surface area contributed by atoms with E-state index in [-0.39, 0.29) is 0 Å². The van der Waals surface area contributed by atoms with Crippen LogP contribution in [0.3, 0.4) is 0 Å². The molecule has 4 aromatic rings. The minimum Gasteiger partial charge on any atom is -0.497 e. The van der Waals surface area contributed by atoms with E-state index in [1.165, 1.54) is 0 Å². The van der Waals surface area contributed by atoms with E-state index in [0.29, 0.717) is 21.7 Å². The number of anilines is 1. The van der Waals surface area contributed by atoms with Crippen molar-refractivity contribution in [1.82, 2.24) is 9.97 Å². The number of nitrogens with one attached hydrogen (secondary N) is 1. The highest BCUT2D eigenvalue weighted by atomic mass is 35.5. The molecule has 144 valence electrons. The average Bonchev–Trinajstić information content (AvgIpc) is 2.75. The van der Waals surface area contributed by atoms with Gasteiger partial charge < -0.3 is 4.74 Å². The van der Waals surface area contributed by atoms with Gasteiger partial charge in [-0.3, -0.25) is 5.43 Å². The first-order chi connectivity index (χ1) is 14.1. The summed E-state index contributed by atoms with van der Waals surface area (Å²) in [7, 11) is 1.63. The molecule has 1 aromatic heterocycles. The lowest BCUT2D eigenvalue weighted by Gasteiger charge is -2.09. The molecule has 5 nitrogen and oxygen atoms in total. The third-order valence-corrected chi connectivity index (χ3v) is 5.00. The van der Waals surface area contributed by atoms with Crippen LogP contribution in [0.4, 0.5) is 5.82 Å². The fraction of sp³-hybridized carbons (Fsp3) is 0.0455. The maximum absolute atomic E-state index is 6.16. The fourth-order valence-electron chi connectivity index (χ4n) is 2.82. The zero-order chi connectivity index (χ0) is 20.2. The molecule has 7 heteroatoms. The molecule has 0 bridgehead atoms. The number of hydrogen-bond donors (Lipinski definition) is 1. The van der Waals surface area contributed by atoms with E-state index < -0.39 is 0 Å². The van der Waals surface area contributed by atoms with Crippen molar-refractivity contribution in [3.05, 3.63) is 82.3 Å². The summed E-state index contributed by atoms with van der Waals surface area (Å²) in [5.74, 6) is 1.89. The van der Waals surface area contributed by atoms with Crippen molar-refractivity contribution in [2.75, 3.05) is 12.5 Å². The van der Waals surface area contributed by atoms with Gasteiger partial charge in [-0.1, -0.05) is 47.5 Å². The Balaban J connectivity index is 1.70. The van der Waals surface area contributed by atoms with E-state index >= 15 is 0 Å². The van der Waals surface area contributed by atoms with Gasteiger partial charge in [0, 0.05) is 10.9 Å². The van der Waals surface area contributed by atoms with Crippen LogP contribution >= 0.6 is 23.2 Å². The number of benzene rings is 3. The maximum atomic E-state index is 6.16. The first-order valence-electron chi connectivity index (χ1n) is 8.79. The highest BCUT2D eigenvalue weighted by Crippen LogP contribution is 2.29. The minimum atomic E-state index is 0.450. The Morgan fingerprint density at radius 1 is 0.931 bits per heavy atom. The number of para-hydroxylation sites is 1. The molecule has 0 unspecified atom stereocenters. The van der Waals surface area contributed by atoms with Crippen LogP contribution in [0.15, 0.2) is 71.8 Å². The van der Waals surface area contributed by atoms with Crippen molar-refractivity contribution in [3.8, 4) is 17.1 Å². The molecule has 0 spiro atoms. The van der Waals surface area contributed by atoms with Gasteiger partial charge in [-0.25, -0.2) is 9.97 Å². The first kappa shape index (κ1) is 19.2. The number of ether oxygens (including phenoxy) is 1. The number of hydrazone groups is 1. The van der Waals surface area contributed by atoms with E-state index in [0.717, 1.165) is 27.8 Å². The van der Waals surface area contributed by atoms with Crippen molar-refractivity contribution in [3.63, 3.8) is 0 Å². The maximum Gasteiger partial charge on any atom is 0.162 e. The molecule has 0 saturated carbocycles. The van der Waals surface area contributed by atoms with Crippen LogP contribution in [0.5, 0.6) is 5.75 Å². The quantitative estimate of drug-likeness (QED) is 0.313. The molecule has 0 radical (unpaired) electrons. The van der Waals surface area contributed by atoms with Crippen LogP contribution < -0.4 is 10.2 Å². The molecule has 0 saturated heterocycles. The van der Waals surface area contributed by atoms with Crippen molar-refractivity contribution >= 4 is 46.1 Å². The van der Waals surface area contributed by atoms with Crippen LogP contribution in [-0.2, 0) is 0 Å². The molecular weight excluding hydrogens is 407 g/mol. The Bertz CT molecular complexity index is 1210. The Morgan fingerprint density at radius 2 is 1.79 bits per heavy atom. The summed E-state index contributed by atoms with van der Waals surface area (Å²) in [5, 5.41) is 6.13. The monoisotopic (exact) mass is 422 g/mol. The lowest BCUT2D eigenvalue weighted by molar-refractivity contribution is 0.415. The largest absolute Gasteiger partial charge is 0.497 e. The van der Waals surface area contributed by atoms with Crippen molar-refractivity contribution in [2.24, 2.45) is 5.10 Å². The lowest BCUT2D eigenvalue weighted by Crippen LogP contribution is -1.99. The number of hydrogen-bond acceptors (Lipinski definition) is 5. The van der Waals surface area contributed by atoms with Crippen molar-refractivity contribution in [1.29, 1.82) is 0 Å². The van der Waals surface area contributed by atoms with Gasteiger partial charge in [-0.15, -0.1) is 0 Å². The Hall–Kier alpha value is -3.15. The van der Waals surface area contributed by atoms with E-state index in [1.54, 1.807) is 25.5 Å². The Morgan fingerprint density at radius 3 is 2.62 bits per heavy atom. The summed E-state index contributed by atoms with van der Waals surface area (Å²) < 4.78 is 5.24. The van der Waals surface area contributed by atoms with Gasteiger partial charge in [0.1, 0.15) is 5.75 Å². The summed E-state index contributed by atoms with van der Waals surface area (Å²) in [5.41, 5.74) is 5.49. The summed E-state index contributed by atoms with van der Waals surface area (Å²) >= 11 is 12.2. The predicted octanol–water partition coefficient (Wildman–Crippen LogP) is 6.06. The summed E-state index contributed by atoms with van der Waals surface area (Å²) in [6.07, 6.45) is 1.71. The SMILES string of the molecule is COc1cccc(/C=N/Nc2nc(-c3ccc(Cl)c(Cl)c3)nc3ccccc23)c1. The van der Waals surface area contributed by atoms with Crippen LogP contribution in [-0.4, -0.2) is 23.3 Å². The average molecular weight is 423 g/mol. The number of halogens is 2. The summed E-state index contributed by atoms with van der Waals surface area (Å²) in [6, 6.07) is 20.7. The molecule has 0 aliphatic carbocycles. The predicted molar refractivity (Wildman–Crippen MR) is 119 cm³/mol. The number of aromatic nitrogens is 2. The first-order valence-corrected chi connectivity index (χ1v) is 9.55. The normalized spacial score (nSPS) is 11.1. The molecule has 0 fully saturated rings. The zero-order valence-electron chi connectivity index (χ0n) is 15.4. The third kappa shape index (κ3) is 4.31. The van der Waals surface area contributed by atoms with Gasteiger partial charge in [0.05, 0.1) is 28.9 Å². The smallest absolute Gasteiger partial charge is 0.162 e. The van der Waals surface area contributed by atoms with Gasteiger partial charge >= 0.3 is 0 Å². The fourth-order valence-corrected chi connectivity index (χ4v) is 3.11. The topological polar surface area (TPSA) is 59.4 Å².